The van der Waals surface area contributed by atoms with Crippen molar-refractivity contribution >= 4 is 17.6 Å². The Morgan fingerprint density at radius 1 is 0.714 bits per heavy atom. The molecule has 0 unspecified atom stereocenters. The van der Waals surface area contributed by atoms with Crippen LogP contribution >= 0.6 is 0 Å². The summed E-state index contributed by atoms with van der Waals surface area (Å²) in [4.78, 5) is 24.8. The molecule has 3 aromatic carbocycles. The zero-order valence-corrected chi connectivity index (χ0v) is 15.3. The number of carbonyl (C=O) groups excluding carboxylic acids is 2. The molecular weight excluding hydrogens is 350 g/mol. The Bertz CT molecular complexity index is 919. The first kappa shape index (κ1) is 17.8. The number of amides is 3. The molecule has 4 rings (SSSR count). The third-order valence-corrected chi connectivity index (χ3v) is 5.19. The second kappa shape index (κ2) is 7.56. The highest BCUT2D eigenvalue weighted by Gasteiger charge is 2.60. The molecule has 5 nitrogen and oxygen atoms in total. The average molecular weight is 371 g/mol. The van der Waals surface area contributed by atoms with Crippen molar-refractivity contribution in [1.29, 1.82) is 0 Å². The smallest absolute Gasteiger partial charge is 0.307 e. The van der Waals surface area contributed by atoms with Gasteiger partial charge >= 0.3 is 6.03 Å². The van der Waals surface area contributed by atoms with Crippen molar-refractivity contribution in [3.63, 3.8) is 0 Å². The zero-order valence-electron chi connectivity index (χ0n) is 15.3. The maximum atomic E-state index is 12.8. The summed E-state index contributed by atoms with van der Waals surface area (Å²) in [6.07, 6.45) is 0.703. The summed E-state index contributed by atoms with van der Waals surface area (Å²) >= 11 is 0. The van der Waals surface area contributed by atoms with Gasteiger partial charge in [0.15, 0.2) is 0 Å². The van der Waals surface area contributed by atoms with E-state index in [1.54, 1.807) is 12.1 Å². The topological polar surface area (TPSA) is 70.2 Å². The number of hydrogen-bond donors (Lipinski definition) is 3. The van der Waals surface area contributed by atoms with Gasteiger partial charge in [-0.3, -0.25) is 10.2 Å². The molecule has 1 fully saturated rings. The van der Waals surface area contributed by atoms with Crippen molar-refractivity contribution in [2.75, 3.05) is 5.32 Å². The van der Waals surface area contributed by atoms with Crippen LogP contribution in [0.15, 0.2) is 91.0 Å². The van der Waals surface area contributed by atoms with Crippen LogP contribution in [0.3, 0.4) is 0 Å². The molecule has 1 saturated carbocycles. The minimum Gasteiger partial charge on any atom is -0.307 e. The molecule has 0 aromatic heterocycles. The van der Waals surface area contributed by atoms with E-state index < -0.39 is 6.03 Å². The summed E-state index contributed by atoms with van der Waals surface area (Å²) in [5.74, 6) is -0.440. The number of carbonyl (C=O) groups is 2. The number of rotatable bonds is 4. The summed E-state index contributed by atoms with van der Waals surface area (Å²) < 4.78 is 0. The number of nitrogens with one attached hydrogen (secondary N) is 3. The van der Waals surface area contributed by atoms with E-state index in [1.165, 1.54) is 0 Å². The number of hydrogen-bond acceptors (Lipinski definition) is 2. The quantitative estimate of drug-likeness (QED) is 0.610. The first-order valence-corrected chi connectivity index (χ1v) is 9.23. The molecule has 3 N–H and O–H groups in total. The van der Waals surface area contributed by atoms with Gasteiger partial charge in [0.05, 0.1) is 5.92 Å². The van der Waals surface area contributed by atoms with Crippen LogP contribution in [0.1, 0.15) is 17.5 Å². The van der Waals surface area contributed by atoms with Gasteiger partial charge in [-0.1, -0.05) is 78.9 Å². The summed E-state index contributed by atoms with van der Waals surface area (Å²) in [5.41, 5.74) is 7.51. The molecule has 0 aliphatic heterocycles. The Balaban J connectivity index is 1.45. The number of hydrazine groups is 1. The van der Waals surface area contributed by atoms with Crippen LogP contribution in [0.5, 0.6) is 0 Å². The summed E-state index contributed by atoms with van der Waals surface area (Å²) in [7, 11) is 0. The summed E-state index contributed by atoms with van der Waals surface area (Å²) in [5, 5.41) is 2.68. The molecule has 0 bridgehead atoms. The fourth-order valence-electron chi connectivity index (χ4n) is 3.74. The molecule has 28 heavy (non-hydrogen) atoms. The lowest BCUT2D eigenvalue weighted by Crippen LogP contribution is -2.45. The number of benzene rings is 3. The monoisotopic (exact) mass is 371 g/mol. The van der Waals surface area contributed by atoms with Crippen molar-refractivity contribution in [1.82, 2.24) is 10.9 Å². The molecule has 1 atom stereocenters. The normalized spacial score (nSPS) is 16.6. The highest BCUT2D eigenvalue weighted by atomic mass is 16.2. The van der Waals surface area contributed by atoms with Crippen LogP contribution in [0, 0.1) is 5.92 Å². The summed E-state index contributed by atoms with van der Waals surface area (Å²) in [6, 6.07) is 28.7. The molecule has 0 spiro atoms. The van der Waals surface area contributed by atoms with E-state index in [-0.39, 0.29) is 17.2 Å². The molecule has 0 radical (unpaired) electrons. The van der Waals surface area contributed by atoms with Gasteiger partial charge in [-0.15, -0.1) is 0 Å². The highest BCUT2D eigenvalue weighted by Crippen LogP contribution is 2.58. The zero-order chi connectivity index (χ0) is 19.4. The second-order valence-corrected chi connectivity index (χ2v) is 6.89. The van der Waals surface area contributed by atoms with E-state index in [0.717, 1.165) is 11.1 Å². The average Bonchev–Trinajstić information content (AvgIpc) is 3.51. The lowest BCUT2D eigenvalue weighted by molar-refractivity contribution is -0.123. The molecule has 1 aliphatic carbocycles. The van der Waals surface area contributed by atoms with Gasteiger partial charge in [0.1, 0.15) is 0 Å². The van der Waals surface area contributed by atoms with Gasteiger partial charge in [-0.25, -0.2) is 10.2 Å². The second-order valence-electron chi connectivity index (χ2n) is 6.89. The number of anilines is 1. The van der Waals surface area contributed by atoms with Gasteiger partial charge < -0.3 is 5.32 Å². The third kappa shape index (κ3) is 3.47. The fraction of sp³-hybridized carbons (Fsp3) is 0.130. The SMILES string of the molecule is O=C(NNC(=O)[C@@H]1CC1(c1ccccc1)c1ccccc1)Nc1ccccc1. The van der Waals surface area contributed by atoms with Crippen LogP contribution in [0.2, 0.25) is 0 Å². The lowest BCUT2D eigenvalue weighted by atomic mass is 9.85. The van der Waals surface area contributed by atoms with E-state index >= 15 is 0 Å². The molecule has 0 heterocycles. The van der Waals surface area contributed by atoms with Crippen molar-refractivity contribution in [3.8, 4) is 0 Å². The molecule has 140 valence electrons. The number of urea groups is 1. The number of para-hydroxylation sites is 1. The molecule has 5 heteroatoms. The lowest BCUT2D eigenvalue weighted by Gasteiger charge is -2.19. The largest absolute Gasteiger partial charge is 0.337 e. The first-order chi connectivity index (χ1) is 13.7. The van der Waals surface area contributed by atoms with Crippen molar-refractivity contribution in [2.45, 2.75) is 11.8 Å². The van der Waals surface area contributed by atoms with Crippen LogP contribution in [-0.2, 0) is 10.2 Å². The maximum absolute atomic E-state index is 12.8. The predicted molar refractivity (Wildman–Crippen MR) is 109 cm³/mol. The van der Waals surface area contributed by atoms with Crippen LogP contribution in [0.25, 0.3) is 0 Å². The molecule has 3 aromatic rings. The van der Waals surface area contributed by atoms with E-state index in [2.05, 4.69) is 40.4 Å². The Morgan fingerprint density at radius 3 is 1.75 bits per heavy atom. The molecule has 0 saturated heterocycles. The van der Waals surface area contributed by atoms with Crippen molar-refractivity contribution in [2.24, 2.45) is 5.92 Å². The van der Waals surface area contributed by atoms with Gasteiger partial charge in [-0.05, 0) is 29.7 Å². The van der Waals surface area contributed by atoms with Crippen molar-refractivity contribution in [3.05, 3.63) is 102 Å². The Hall–Kier alpha value is -3.60. The van der Waals surface area contributed by atoms with Crippen LogP contribution in [0.4, 0.5) is 10.5 Å². The molecule has 1 aliphatic rings. The van der Waals surface area contributed by atoms with Crippen LogP contribution < -0.4 is 16.2 Å². The third-order valence-electron chi connectivity index (χ3n) is 5.19. The Labute approximate surface area is 163 Å². The van der Waals surface area contributed by atoms with Crippen molar-refractivity contribution < 1.29 is 9.59 Å². The van der Waals surface area contributed by atoms with E-state index in [0.29, 0.717) is 12.1 Å². The van der Waals surface area contributed by atoms with E-state index in [4.69, 9.17) is 0 Å². The highest BCUT2D eigenvalue weighted by molar-refractivity contribution is 5.92. The van der Waals surface area contributed by atoms with Gasteiger partial charge in [0, 0.05) is 11.1 Å². The Morgan fingerprint density at radius 2 is 1.21 bits per heavy atom. The van der Waals surface area contributed by atoms with Gasteiger partial charge in [-0.2, -0.15) is 0 Å². The van der Waals surface area contributed by atoms with E-state index in [9.17, 15) is 9.59 Å². The minimum atomic E-state index is -0.481. The van der Waals surface area contributed by atoms with Crippen LogP contribution in [-0.4, -0.2) is 11.9 Å². The molecule has 3 amide bonds. The summed E-state index contributed by atoms with van der Waals surface area (Å²) in [6.45, 7) is 0. The Kier molecular flexibility index (Phi) is 4.81. The fourth-order valence-corrected chi connectivity index (χ4v) is 3.74. The van der Waals surface area contributed by atoms with Gasteiger partial charge in [0.2, 0.25) is 5.91 Å². The maximum Gasteiger partial charge on any atom is 0.337 e. The minimum absolute atomic E-state index is 0.198. The predicted octanol–water partition coefficient (Wildman–Crippen LogP) is 3.85. The standard InChI is InChI=1S/C23H21N3O2/c27-21(25-26-22(28)24-19-14-8-3-9-15-19)20-16-23(20,17-10-4-1-5-11-17)18-12-6-2-7-13-18/h1-15,20H,16H2,(H,25,27)(H2,24,26,28)/t20-/m0/s1. The van der Waals surface area contributed by atoms with Gasteiger partial charge in [0.25, 0.3) is 0 Å². The first-order valence-electron chi connectivity index (χ1n) is 9.23. The molecular formula is C23H21N3O2. The van der Waals surface area contributed by atoms with E-state index in [1.807, 2.05) is 54.6 Å².